The molecular formula is C13H16BrNO3. The van der Waals surface area contributed by atoms with Gasteiger partial charge in [0.15, 0.2) is 0 Å². The number of carbonyl (C=O) groups is 2. The van der Waals surface area contributed by atoms with E-state index in [2.05, 4.69) is 21.2 Å². The molecular weight excluding hydrogens is 298 g/mol. The molecule has 0 spiro atoms. The second-order valence-corrected chi connectivity index (χ2v) is 4.59. The highest BCUT2D eigenvalue weighted by Crippen LogP contribution is 2.11. The van der Waals surface area contributed by atoms with E-state index >= 15 is 0 Å². The molecule has 98 valence electrons. The Labute approximate surface area is 115 Å². The first-order valence-electron chi connectivity index (χ1n) is 5.83. The van der Waals surface area contributed by atoms with Gasteiger partial charge in [-0.15, -0.1) is 0 Å². The zero-order valence-corrected chi connectivity index (χ0v) is 11.8. The van der Waals surface area contributed by atoms with Crippen LogP contribution in [0.2, 0.25) is 0 Å². The van der Waals surface area contributed by atoms with Gasteiger partial charge in [-0.1, -0.05) is 22.0 Å². The number of amides is 1. The van der Waals surface area contributed by atoms with Crippen molar-refractivity contribution in [1.29, 1.82) is 0 Å². The first-order chi connectivity index (χ1) is 8.63. The number of ether oxygens (including phenoxy) is 1. The van der Waals surface area contributed by atoms with Crippen molar-refractivity contribution in [3.8, 4) is 0 Å². The third kappa shape index (κ3) is 5.31. The van der Waals surface area contributed by atoms with Crippen LogP contribution in [0.1, 0.15) is 30.1 Å². The molecule has 0 aliphatic carbocycles. The number of hydrogen-bond acceptors (Lipinski definition) is 3. The number of hydrogen-bond donors (Lipinski definition) is 1. The molecule has 0 unspecified atom stereocenters. The molecule has 0 aliphatic rings. The Bertz CT molecular complexity index is 420. The van der Waals surface area contributed by atoms with E-state index in [0.29, 0.717) is 31.6 Å². The molecule has 1 aromatic carbocycles. The maximum Gasteiger partial charge on any atom is 0.305 e. The molecule has 0 radical (unpaired) electrons. The predicted octanol–water partition coefficient (Wildman–Crippen LogP) is 2.52. The highest BCUT2D eigenvalue weighted by Gasteiger charge is 2.06. The van der Waals surface area contributed by atoms with Gasteiger partial charge in [0.1, 0.15) is 0 Å². The highest BCUT2D eigenvalue weighted by molar-refractivity contribution is 9.10. The fourth-order valence-corrected chi connectivity index (χ4v) is 1.80. The fourth-order valence-electron chi connectivity index (χ4n) is 1.40. The zero-order valence-electron chi connectivity index (χ0n) is 10.2. The van der Waals surface area contributed by atoms with E-state index in [1.165, 1.54) is 0 Å². The zero-order chi connectivity index (χ0) is 13.4. The molecule has 4 nitrogen and oxygen atoms in total. The monoisotopic (exact) mass is 313 g/mol. The second kappa shape index (κ2) is 7.87. The van der Waals surface area contributed by atoms with E-state index in [-0.39, 0.29) is 11.9 Å². The smallest absolute Gasteiger partial charge is 0.305 e. The summed E-state index contributed by atoms with van der Waals surface area (Å²) in [6, 6.07) is 7.15. The van der Waals surface area contributed by atoms with Crippen LogP contribution < -0.4 is 5.32 Å². The molecule has 5 heteroatoms. The predicted molar refractivity (Wildman–Crippen MR) is 72.3 cm³/mol. The van der Waals surface area contributed by atoms with E-state index in [1.807, 2.05) is 6.07 Å². The standard InChI is InChI=1S/C13H16BrNO3/c1-2-18-12(16)7-4-8-15-13(17)10-5-3-6-11(14)9-10/h3,5-6,9H,2,4,7-8H2,1H3,(H,15,17). The normalized spacial score (nSPS) is 9.89. The molecule has 0 fully saturated rings. The van der Waals surface area contributed by atoms with Gasteiger partial charge >= 0.3 is 5.97 Å². The Morgan fingerprint density at radius 3 is 2.83 bits per heavy atom. The van der Waals surface area contributed by atoms with Gasteiger partial charge in [0, 0.05) is 23.0 Å². The minimum atomic E-state index is -0.228. The molecule has 0 heterocycles. The summed E-state index contributed by atoms with van der Waals surface area (Å²) >= 11 is 3.31. The quantitative estimate of drug-likeness (QED) is 0.648. The van der Waals surface area contributed by atoms with Crippen LogP contribution in [0.4, 0.5) is 0 Å². The summed E-state index contributed by atoms with van der Waals surface area (Å²) < 4.78 is 5.65. The molecule has 0 atom stereocenters. The molecule has 0 aromatic heterocycles. The van der Waals surface area contributed by atoms with Crippen LogP contribution >= 0.6 is 15.9 Å². The Kier molecular flexibility index (Phi) is 6.43. The average molecular weight is 314 g/mol. The second-order valence-electron chi connectivity index (χ2n) is 3.67. The van der Waals surface area contributed by atoms with Crippen LogP contribution in [0.3, 0.4) is 0 Å². The Morgan fingerprint density at radius 1 is 1.39 bits per heavy atom. The SMILES string of the molecule is CCOC(=O)CCCNC(=O)c1cccc(Br)c1. The lowest BCUT2D eigenvalue weighted by molar-refractivity contribution is -0.143. The minimum absolute atomic E-state index is 0.139. The van der Waals surface area contributed by atoms with Gasteiger partial charge in [0.05, 0.1) is 6.61 Å². The van der Waals surface area contributed by atoms with Crippen molar-refractivity contribution in [3.05, 3.63) is 34.3 Å². The largest absolute Gasteiger partial charge is 0.466 e. The lowest BCUT2D eigenvalue weighted by atomic mass is 10.2. The third-order valence-electron chi connectivity index (χ3n) is 2.24. The Morgan fingerprint density at radius 2 is 2.17 bits per heavy atom. The molecule has 0 saturated heterocycles. The van der Waals surface area contributed by atoms with E-state index < -0.39 is 0 Å². The van der Waals surface area contributed by atoms with Crippen LogP contribution in [0.15, 0.2) is 28.7 Å². The summed E-state index contributed by atoms with van der Waals surface area (Å²) in [5.74, 6) is -0.366. The number of rotatable bonds is 6. The number of halogens is 1. The Hall–Kier alpha value is -1.36. The van der Waals surface area contributed by atoms with Crippen molar-refractivity contribution in [2.75, 3.05) is 13.2 Å². The number of benzene rings is 1. The van der Waals surface area contributed by atoms with E-state index in [0.717, 1.165) is 4.47 Å². The topological polar surface area (TPSA) is 55.4 Å². The van der Waals surface area contributed by atoms with Gasteiger partial charge in [0.2, 0.25) is 0 Å². The van der Waals surface area contributed by atoms with Gasteiger partial charge < -0.3 is 10.1 Å². The van der Waals surface area contributed by atoms with Gasteiger partial charge in [-0.3, -0.25) is 9.59 Å². The Balaban J connectivity index is 2.27. The molecule has 0 saturated carbocycles. The lowest BCUT2D eigenvalue weighted by Crippen LogP contribution is -2.25. The van der Waals surface area contributed by atoms with Crippen LogP contribution in [-0.4, -0.2) is 25.0 Å². The van der Waals surface area contributed by atoms with E-state index in [4.69, 9.17) is 4.74 Å². The maximum absolute atomic E-state index is 11.7. The summed E-state index contributed by atoms with van der Waals surface area (Å²) in [5.41, 5.74) is 0.598. The number of carbonyl (C=O) groups excluding carboxylic acids is 2. The molecule has 0 aliphatic heterocycles. The first kappa shape index (κ1) is 14.7. The summed E-state index contributed by atoms with van der Waals surface area (Å²) in [6.45, 7) is 2.63. The summed E-state index contributed by atoms with van der Waals surface area (Å²) in [4.78, 5) is 22.8. The summed E-state index contributed by atoms with van der Waals surface area (Å²) in [5, 5.41) is 2.76. The van der Waals surface area contributed by atoms with Crippen molar-refractivity contribution >= 4 is 27.8 Å². The van der Waals surface area contributed by atoms with Gasteiger partial charge in [-0.25, -0.2) is 0 Å². The van der Waals surface area contributed by atoms with Crippen LogP contribution in [0, 0.1) is 0 Å². The lowest BCUT2D eigenvalue weighted by Gasteiger charge is -2.05. The average Bonchev–Trinajstić information content (AvgIpc) is 2.35. The minimum Gasteiger partial charge on any atom is -0.466 e. The number of esters is 1. The van der Waals surface area contributed by atoms with E-state index in [9.17, 15) is 9.59 Å². The summed E-state index contributed by atoms with van der Waals surface area (Å²) in [7, 11) is 0. The maximum atomic E-state index is 11.7. The van der Waals surface area contributed by atoms with E-state index in [1.54, 1.807) is 25.1 Å². The van der Waals surface area contributed by atoms with Crippen molar-refractivity contribution in [2.24, 2.45) is 0 Å². The van der Waals surface area contributed by atoms with Gasteiger partial charge in [-0.05, 0) is 31.5 Å². The molecule has 1 N–H and O–H groups in total. The van der Waals surface area contributed by atoms with Gasteiger partial charge in [0.25, 0.3) is 5.91 Å². The van der Waals surface area contributed by atoms with Crippen LogP contribution in [0.5, 0.6) is 0 Å². The van der Waals surface area contributed by atoms with Crippen LogP contribution in [-0.2, 0) is 9.53 Å². The van der Waals surface area contributed by atoms with Crippen molar-refractivity contribution in [1.82, 2.24) is 5.32 Å². The van der Waals surface area contributed by atoms with Crippen molar-refractivity contribution < 1.29 is 14.3 Å². The first-order valence-corrected chi connectivity index (χ1v) is 6.62. The highest BCUT2D eigenvalue weighted by atomic mass is 79.9. The molecule has 1 rings (SSSR count). The fraction of sp³-hybridized carbons (Fsp3) is 0.385. The molecule has 1 amide bonds. The number of nitrogens with one attached hydrogen (secondary N) is 1. The van der Waals surface area contributed by atoms with Crippen LogP contribution in [0.25, 0.3) is 0 Å². The van der Waals surface area contributed by atoms with Crippen molar-refractivity contribution in [3.63, 3.8) is 0 Å². The molecule has 1 aromatic rings. The third-order valence-corrected chi connectivity index (χ3v) is 2.73. The van der Waals surface area contributed by atoms with Gasteiger partial charge in [-0.2, -0.15) is 0 Å². The van der Waals surface area contributed by atoms with Crippen molar-refractivity contribution in [2.45, 2.75) is 19.8 Å². The molecule has 0 bridgehead atoms. The summed E-state index contributed by atoms with van der Waals surface area (Å²) in [6.07, 6.45) is 0.908. The molecule has 18 heavy (non-hydrogen) atoms.